The zero-order chi connectivity index (χ0) is 11.1. The number of aliphatic hydroxyl groups excluding tert-OH is 2. The predicted octanol–water partition coefficient (Wildman–Crippen LogP) is -2.57. The molecule has 2 atom stereocenters. The third-order valence-electron chi connectivity index (χ3n) is 1.12. The molecule has 0 spiro atoms. The SMILES string of the molecule is O=C=NC(=O)C(O)C(O)C(=O)N=C=O. The molecule has 14 heavy (non-hydrogen) atoms. The summed E-state index contributed by atoms with van der Waals surface area (Å²) < 4.78 is 0. The van der Waals surface area contributed by atoms with E-state index in [0.717, 1.165) is 12.2 Å². The van der Waals surface area contributed by atoms with Crippen molar-refractivity contribution in [2.45, 2.75) is 12.2 Å². The fourth-order valence-electron chi connectivity index (χ4n) is 0.492. The Morgan fingerprint density at radius 3 is 1.43 bits per heavy atom. The van der Waals surface area contributed by atoms with Crippen LogP contribution in [0.4, 0.5) is 0 Å². The van der Waals surface area contributed by atoms with Crippen LogP contribution < -0.4 is 0 Å². The van der Waals surface area contributed by atoms with E-state index in [1.54, 1.807) is 0 Å². The van der Waals surface area contributed by atoms with Gasteiger partial charge in [0.2, 0.25) is 12.2 Å². The number of aliphatic hydroxyl groups is 2. The van der Waals surface area contributed by atoms with Crippen LogP contribution >= 0.6 is 0 Å². The number of isocyanates is 2. The topological polar surface area (TPSA) is 133 Å². The molecule has 2 amide bonds. The highest BCUT2D eigenvalue weighted by molar-refractivity contribution is 5.94. The number of aliphatic imine (C=N–C) groups is 2. The van der Waals surface area contributed by atoms with Gasteiger partial charge in [0.15, 0.2) is 12.2 Å². The number of hydrogen-bond acceptors (Lipinski definition) is 6. The summed E-state index contributed by atoms with van der Waals surface area (Å²) in [6, 6.07) is 0. The Kier molecular flexibility index (Phi) is 4.83. The quantitative estimate of drug-likeness (QED) is 0.380. The van der Waals surface area contributed by atoms with Crippen LogP contribution in [0.2, 0.25) is 0 Å². The number of amides is 2. The Bertz CT molecular complexity index is 304. The van der Waals surface area contributed by atoms with Crippen LogP contribution in [0.1, 0.15) is 0 Å². The van der Waals surface area contributed by atoms with Crippen LogP contribution in [-0.2, 0) is 19.2 Å². The van der Waals surface area contributed by atoms with Gasteiger partial charge in [-0.25, -0.2) is 9.59 Å². The van der Waals surface area contributed by atoms with E-state index in [1.165, 1.54) is 0 Å². The van der Waals surface area contributed by atoms with Crippen molar-refractivity contribution in [3.05, 3.63) is 0 Å². The molecule has 2 N–H and O–H groups in total. The van der Waals surface area contributed by atoms with E-state index in [4.69, 9.17) is 10.2 Å². The molecule has 0 saturated carbocycles. The smallest absolute Gasteiger partial charge is 0.288 e. The van der Waals surface area contributed by atoms with E-state index in [1.807, 2.05) is 0 Å². The molecule has 0 rings (SSSR count). The molecule has 0 aromatic carbocycles. The number of hydrogen-bond donors (Lipinski definition) is 2. The van der Waals surface area contributed by atoms with Gasteiger partial charge in [-0.15, -0.1) is 9.98 Å². The molecule has 8 heteroatoms. The molecule has 0 fully saturated rings. The highest BCUT2D eigenvalue weighted by atomic mass is 16.3. The molecule has 0 aromatic heterocycles. The fraction of sp³-hybridized carbons (Fsp3) is 0.333. The summed E-state index contributed by atoms with van der Waals surface area (Å²) in [5.41, 5.74) is 0. The number of carbonyl (C=O) groups is 2. The Morgan fingerprint density at radius 1 is 0.929 bits per heavy atom. The highest BCUT2D eigenvalue weighted by Crippen LogP contribution is 1.98. The summed E-state index contributed by atoms with van der Waals surface area (Å²) in [7, 11) is 0. The lowest BCUT2D eigenvalue weighted by atomic mass is 10.2. The van der Waals surface area contributed by atoms with E-state index < -0.39 is 24.0 Å². The first-order chi connectivity index (χ1) is 6.54. The van der Waals surface area contributed by atoms with E-state index in [9.17, 15) is 19.2 Å². The maximum absolute atomic E-state index is 10.6. The summed E-state index contributed by atoms with van der Waals surface area (Å²) >= 11 is 0. The Balaban J connectivity index is 4.60. The first kappa shape index (κ1) is 12.0. The first-order valence-corrected chi connectivity index (χ1v) is 3.14. The number of rotatable bonds is 3. The van der Waals surface area contributed by atoms with Gasteiger partial charge in [-0.2, -0.15) is 0 Å². The minimum Gasteiger partial charge on any atom is -0.380 e. The number of carbonyl (C=O) groups excluding carboxylic acids is 4. The lowest BCUT2D eigenvalue weighted by molar-refractivity contribution is -0.141. The second-order valence-corrected chi connectivity index (χ2v) is 1.97. The van der Waals surface area contributed by atoms with E-state index in [-0.39, 0.29) is 0 Å². The number of nitrogens with zero attached hydrogens (tertiary/aromatic N) is 2. The molecular weight excluding hydrogens is 196 g/mol. The summed E-state index contributed by atoms with van der Waals surface area (Å²) in [5.74, 6) is -2.91. The molecule has 8 nitrogen and oxygen atoms in total. The van der Waals surface area contributed by atoms with Crippen molar-refractivity contribution in [1.82, 2.24) is 0 Å². The predicted molar refractivity (Wildman–Crippen MR) is 38.3 cm³/mol. The minimum absolute atomic E-state index is 0.809. The van der Waals surface area contributed by atoms with E-state index >= 15 is 0 Å². The lowest BCUT2D eigenvalue weighted by Crippen LogP contribution is -2.38. The summed E-state index contributed by atoms with van der Waals surface area (Å²) in [4.78, 5) is 45.1. The van der Waals surface area contributed by atoms with Crippen molar-refractivity contribution in [2.75, 3.05) is 0 Å². The standard InChI is InChI=1S/C6H4N2O6/c9-1-7-5(13)3(11)4(12)6(14)8-2-10/h3-4,11-12H. The average molecular weight is 200 g/mol. The van der Waals surface area contributed by atoms with Crippen molar-refractivity contribution in [1.29, 1.82) is 0 Å². The van der Waals surface area contributed by atoms with Gasteiger partial charge in [-0.05, 0) is 0 Å². The average Bonchev–Trinajstić information content (AvgIpc) is 2.16. The molecule has 0 aliphatic heterocycles. The molecule has 74 valence electrons. The van der Waals surface area contributed by atoms with Crippen molar-refractivity contribution in [3.63, 3.8) is 0 Å². The minimum atomic E-state index is -2.25. The van der Waals surface area contributed by atoms with E-state index in [0.29, 0.717) is 0 Å². The molecule has 0 heterocycles. The molecule has 0 saturated heterocycles. The van der Waals surface area contributed by atoms with Gasteiger partial charge in [0.05, 0.1) is 0 Å². The molecule has 0 aliphatic rings. The molecule has 2 unspecified atom stereocenters. The monoisotopic (exact) mass is 200 g/mol. The van der Waals surface area contributed by atoms with Crippen LogP contribution in [0.3, 0.4) is 0 Å². The van der Waals surface area contributed by atoms with Gasteiger partial charge in [0, 0.05) is 0 Å². The third kappa shape index (κ3) is 3.18. The van der Waals surface area contributed by atoms with Gasteiger partial charge in [0.25, 0.3) is 11.8 Å². The normalized spacial score (nSPS) is 13.0. The molecule has 0 aromatic rings. The Hall–Kier alpha value is -1.98. The van der Waals surface area contributed by atoms with Crippen molar-refractivity contribution in [2.24, 2.45) is 9.98 Å². The Labute approximate surface area is 76.6 Å². The molecular formula is C6H4N2O6. The van der Waals surface area contributed by atoms with Gasteiger partial charge >= 0.3 is 0 Å². The summed E-state index contributed by atoms with van der Waals surface area (Å²) in [6.45, 7) is 0. The third-order valence-corrected chi connectivity index (χ3v) is 1.12. The van der Waals surface area contributed by atoms with Crippen LogP contribution in [-0.4, -0.2) is 46.4 Å². The summed E-state index contributed by atoms with van der Waals surface area (Å²) in [6.07, 6.45) is -2.88. The zero-order valence-corrected chi connectivity index (χ0v) is 6.58. The van der Waals surface area contributed by atoms with Crippen LogP contribution in [0, 0.1) is 0 Å². The lowest BCUT2D eigenvalue weighted by Gasteiger charge is -2.08. The van der Waals surface area contributed by atoms with Gasteiger partial charge in [-0.1, -0.05) is 0 Å². The van der Waals surface area contributed by atoms with Crippen molar-refractivity contribution >= 4 is 24.0 Å². The van der Waals surface area contributed by atoms with Crippen molar-refractivity contribution < 1.29 is 29.4 Å². The maximum Gasteiger partial charge on any atom is 0.288 e. The zero-order valence-electron chi connectivity index (χ0n) is 6.58. The molecule has 0 bridgehead atoms. The summed E-state index contributed by atoms with van der Waals surface area (Å²) in [5, 5.41) is 17.7. The fourth-order valence-corrected chi connectivity index (χ4v) is 0.492. The van der Waals surface area contributed by atoms with Gasteiger partial charge in [0.1, 0.15) is 0 Å². The van der Waals surface area contributed by atoms with Crippen LogP contribution in [0.5, 0.6) is 0 Å². The van der Waals surface area contributed by atoms with Gasteiger partial charge in [-0.3, -0.25) is 9.59 Å². The maximum atomic E-state index is 10.6. The first-order valence-electron chi connectivity index (χ1n) is 3.14. The van der Waals surface area contributed by atoms with E-state index in [2.05, 4.69) is 9.98 Å². The Morgan fingerprint density at radius 2 is 1.21 bits per heavy atom. The van der Waals surface area contributed by atoms with Crippen LogP contribution in [0.25, 0.3) is 0 Å². The second-order valence-electron chi connectivity index (χ2n) is 1.97. The van der Waals surface area contributed by atoms with Crippen LogP contribution in [0.15, 0.2) is 9.98 Å². The molecule has 0 aliphatic carbocycles. The molecule has 0 radical (unpaired) electrons. The largest absolute Gasteiger partial charge is 0.380 e. The van der Waals surface area contributed by atoms with Crippen molar-refractivity contribution in [3.8, 4) is 0 Å². The highest BCUT2D eigenvalue weighted by Gasteiger charge is 2.30. The second kappa shape index (κ2) is 5.63. The van der Waals surface area contributed by atoms with Gasteiger partial charge < -0.3 is 10.2 Å².